The molecule has 0 aromatic carbocycles. The molecule has 4 saturated carbocycles. The van der Waals surface area contributed by atoms with E-state index in [1.807, 2.05) is 6.92 Å². The fourth-order valence-corrected chi connectivity index (χ4v) is 7.46. The zero-order valence-electron chi connectivity index (χ0n) is 15.4. The molecule has 4 rings (SSSR count). The molecular formula is C21H32O3. The van der Waals surface area contributed by atoms with E-state index in [0.29, 0.717) is 48.1 Å². The second-order valence-corrected chi connectivity index (χ2v) is 9.90. The van der Waals surface area contributed by atoms with Crippen LogP contribution in [0.5, 0.6) is 0 Å². The number of rotatable bonds is 1. The fourth-order valence-electron chi connectivity index (χ4n) is 7.46. The van der Waals surface area contributed by atoms with Gasteiger partial charge < -0.3 is 5.11 Å². The van der Waals surface area contributed by atoms with E-state index in [9.17, 15) is 14.7 Å². The van der Waals surface area contributed by atoms with Gasteiger partial charge in [-0.3, -0.25) is 9.59 Å². The zero-order chi connectivity index (χ0) is 17.3. The SMILES string of the molecule is CC(=O)[C@H]1CC[C@H]2[C@@H]3CC(=O)[C@@H]4C[C@](C)(O)CC[C@@H]4[C@H]3CC[C@]12C. The maximum Gasteiger partial charge on any atom is 0.136 e. The van der Waals surface area contributed by atoms with Crippen molar-refractivity contribution in [2.24, 2.45) is 40.9 Å². The van der Waals surface area contributed by atoms with Gasteiger partial charge in [0.2, 0.25) is 0 Å². The molecule has 0 bridgehead atoms. The lowest BCUT2D eigenvalue weighted by atomic mass is 9.48. The van der Waals surface area contributed by atoms with E-state index in [0.717, 1.165) is 32.1 Å². The molecule has 3 nitrogen and oxygen atoms in total. The van der Waals surface area contributed by atoms with Crippen LogP contribution >= 0.6 is 0 Å². The fraction of sp³-hybridized carbons (Fsp3) is 0.905. The van der Waals surface area contributed by atoms with Crippen molar-refractivity contribution in [3.05, 3.63) is 0 Å². The second-order valence-electron chi connectivity index (χ2n) is 9.90. The molecule has 0 aliphatic heterocycles. The Morgan fingerprint density at radius 2 is 1.75 bits per heavy atom. The standard InChI is InChI=1S/C21H32O3/c1-12(22)17-4-5-18-15-10-19(23)16-11-20(2,24)8-6-14(16)13(15)7-9-21(17,18)3/h13-18,24H,4-11H2,1-3H3/t13-,14-,15-,16-,17-,18+,20-,21-/m1/s1. The highest BCUT2D eigenvalue weighted by Gasteiger charge is 2.59. The summed E-state index contributed by atoms with van der Waals surface area (Å²) in [5, 5.41) is 10.4. The van der Waals surface area contributed by atoms with Crippen molar-refractivity contribution in [1.82, 2.24) is 0 Å². The minimum absolute atomic E-state index is 0.0874. The Morgan fingerprint density at radius 1 is 1.04 bits per heavy atom. The molecule has 4 fully saturated rings. The Bertz CT molecular complexity index is 565. The van der Waals surface area contributed by atoms with Crippen LogP contribution in [-0.4, -0.2) is 22.3 Å². The van der Waals surface area contributed by atoms with Crippen molar-refractivity contribution >= 4 is 11.6 Å². The Balaban J connectivity index is 1.61. The van der Waals surface area contributed by atoms with E-state index < -0.39 is 5.60 Å². The van der Waals surface area contributed by atoms with Gasteiger partial charge in [-0.05, 0) is 87.9 Å². The average molecular weight is 332 g/mol. The van der Waals surface area contributed by atoms with E-state index in [1.54, 1.807) is 6.92 Å². The van der Waals surface area contributed by atoms with Gasteiger partial charge in [0.1, 0.15) is 11.6 Å². The van der Waals surface area contributed by atoms with Gasteiger partial charge in [0.05, 0.1) is 5.60 Å². The van der Waals surface area contributed by atoms with Gasteiger partial charge in [-0.1, -0.05) is 6.92 Å². The average Bonchev–Trinajstić information content (AvgIpc) is 2.85. The van der Waals surface area contributed by atoms with Crippen molar-refractivity contribution in [1.29, 1.82) is 0 Å². The Morgan fingerprint density at radius 3 is 2.46 bits per heavy atom. The van der Waals surface area contributed by atoms with Crippen LogP contribution in [0.4, 0.5) is 0 Å². The number of hydrogen-bond acceptors (Lipinski definition) is 3. The van der Waals surface area contributed by atoms with Crippen LogP contribution in [0.3, 0.4) is 0 Å². The minimum atomic E-state index is -0.653. The maximum absolute atomic E-state index is 12.9. The van der Waals surface area contributed by atoms with Gasteiger partial charge in [0.15, 0.2) is 0 Å². The largest absolute Gasteiger partial charge is 0.390 e. The van der Waals surface area contributed by atoms with Crippen LogP contribution in [0.2, 0.25) is 0 Å². The molecule has 0 aromatic rings. The molecule has 0 aromatic heterocycles. The smallest absolute Gasteiger partial charge is 0.136 e. The molecule has 24 heavy (non-hydrogen) atoms. The molecule has 3 heteroatoms. The Hall–Kier alpha value is -0.700. The van der Waals surface area contributed by atoms with Gasteiger partial charge in [0, 0.05) is 18.3 Å². The lowest BCUT2D eigenvalue weighted by Crippen LogP contribution is -2.53. The first-order chi connectivity index (χ1) is 11.2. The molecule has 0 spiro atoms. The minimum Gasteiger partial charge on any atom is -0.390 e. The number of Topliss-reactive ketones (excluding diaryl/α,β-unsaturated/α-hetero) is 2. The van der Waals surface area contributed by atoms with E-state index in [4.69, 9.17) is 0 Å². The first kappa shape index (κ1) is 16.8. The molecule has 0 radical (unpaired) electrons. The van der Waals surface area contributed by atoms with Crippen molar-refractivity contribution in [2.45, 2.75) is 77.7 Å². The van der Waals surface area contributed by atoms with Gasteiger partial charge in [-0.25, -0.2) is 0 Å². The molecule has 0 amide bonds. The van der Waals surface area contributed by atoms with Gasteiger partial charge >= 0.3 is 0 Å². The molecular weight excluding hydrogens is 300 g/mol. The molecule has 0 saturated heterocycles. The monoisotopic (exact) mass is 332 g/mol. The Labute approximate surface area is 145 Å². The highest BCUT2D eigenvalue weighted by molar-refractivity contribution is 5.83. The summed E-state index contributed by atoms with van der Waals surface area (Å²) in [7, 11) is 0. The van der Waals surface area contributed by atoms with Crippen molar-refractivity contribution in [2.75, 3.05) is 0 Å². The summed E-state index contributed by atoms with van der Waals surface area (Å²) < 4.78 is 0. The number of fused-ring (bicyclic) bond motifs is 5. The molecule has 4 aliphatic rings. The van der Waals surface area contributed by atoms with E-state index in [2.05, 4.69) is 6.92 Å². The number of ketones is 2. The summed E-state index contributed by atoms with van der Waals surface area (Å²) in [6.45, 7) is 5.99. The van der Waals surface area contributed by atoms with Crippen LogP contribution in [0.1, 0.15) is 72.1 Å². The number of aliphatic hydroxyl groups is 1. The van der Waals surface area contributed by atoms with Crippen LogP contribution in [-0.2, 0) is 9.59 Å². The molecule has 8 atom stereocenters. The lowest BCUT2D eigenvalue weighted by Gasteiger charge is -2.56. The van der Waals surface area contributed by atoms with E-state index in [-0.39, 0.29) is 17.3 Å². The highest BCUT2D eigenvalue weighted by Crippen LogP contribution is 2.64. The first-order valence-corrected chi connectivity index (χ1v) is 9.98. The lowest BCUT2D eigenvalue weighted by molar-refractivity contribution is -0.149. The number of carbonyl (C=O) groups excluding carboxylic acids is 2. The van der Waals surface area contributed by atoms with Gasteiger partial charge in [-0.2, -0.15) is 0 Å². The highest BCUT2D eigenvalue weighted by atomic mass is 16.3. The van der Waals surface area contributed by atoms with Crippen LogP contribution in [0, 0.1) is 40.9 Å². The molecule has 1 N–H and O–H groups in total. The molecule has 134 valence electrons. The quantitative estimate of drug-likeness (QED) is 0.795. The van der Waals surface area contributed by atoms with Crippen molar-refractivity contribution < 1.29 is 14.7 Å². The normalized spacial score (nSPS) is 53.9. The summed E-state index contributed by atoms with van der Waals surface area (Å²) in [4.78, 5) is 25.0. The summed E-state index contributed by atoms with van der Waals surface area (Å²) in [6.07, 6.45) is 7.69. The number of carbonyl (C=O) groups is 2. The summed E-state index contributed by atoms with van der Waals surface area (Å²) in [6, 6.07) is 0. The Kier molecular flexibility index (Phi) is 3.77. The van der Waals surface area contributed by atoms with E-state index in [1.165, 1.54) is 6.42 Å². The summed E-state index contributed by atoms with van der Waals surface area (Å²) >= 11 is 0. The molecule has 4 aliphatic carbocycles. The van der Waals surface area contributed by atoms with E-state index >= 15 is 0 Å². The molecule has 0 heterocycles. The third kappa shape index (κ3) is 2.34. The van der Waals surface area contributed by atoms with Gasteiger partial charge in [-0.15, -0.1) is 0 Å². The molecule has 0 unspecified atom stereocenters. The predicted octanol–water partition coefficient (Wildman–Crippen LogP) is 3.77. The summed E-state index contributed by atoms with van der Waals surface area (Å²) in [5.74, 6) is 3.23. The van der Waals surface area contributed by atoms with Gasteiger partial charge in [0.25, 0.3) is 0 Å². The van der Waals surface area contributed by atoms with Crippen LogP contribution in [0.15, 0.2) is 0 Å². The predicted molar refractivity (Wildman–Crippen MR) is 92.3 cm³/mol. The third-order valence-corrected chi connectivity index (χ3v) is 8.58. The third-order valence-electron chi connectivity index (χ3n) is 8.58. The van der Waals surface area contributed by atoms with Crippen LogP contribution in [0.25, 0.3) is 0 Å². The van der Waals surface area contributed by atoms with Crippen molar-refractivity contribution in [3.63, 3.8) is 0 Å². The van der Waals surface area contributed by atoms with Crippen LogP contribution < -0.4 is 0 Å². The topological polar surface area (TPSA) is 54.4 Å². The number of hydrogen-bond donors (Lipinski definition) is 1. The first-order valence-electron chi connectivity index (χ1n) is 9.98. The summed E-state index contributed by atoms with van der Waals surface area (Å²) in [5.41, 5.74) is -0.528. The van der Waals surface area contributed by atoms with Crippen molar-refractivity contribution in [3.8, 4) is 0 Å². The maximum atomic E-state index is 12.9. The second kappa shape index (κ2) is 5.40. The zero-order valence-corrected chi connectivity index (χ0v) is 15.4.